The molecule has 5 nitrogen and oxygen atoms in total. The maximum absolute atomic E-state index is 13.2. The van der Waals surface area contributed by atoms with E-state index < -0.39 is 11.6 Å². The lowest BCUT2D eigenvalue weighted by atomic mass is 10.2. The highest BCUT2D eigenvalue weighted by molar-refractivity contribution is 5.98. The van der Waals surface area contributed by atoms with Crippen molar-refractivity contribution in [3.05, 3.63) is 35.5 Å². The lowest BCUT2D eigenvalue weighted by Crippen LogP contribution is -2.48. The third-order valence-electron chi connectivity index (χ3n) is 3.58. The Bertz CT molecular complexity index is 647. The van der Waals surface area contributed by atoms with Crippen LogP contribution in [0.3, 0.4) is 0 Å². The van der Waals surface area contributed by atoms with Gasteiger partial charge in [-0.3, -0.25) is 4.79 Å². The van der Waals surface area contributed by atoms with E-state index >= 15 is 0 Å². The molecule has 1 fully saturated rings. The molecule has 3 N–H and O–H groups in total. The largest absolute Gasteiger partial charge is 0.373 e. The molecule has 3 rings (SSSR count). The number of amides is 1. The molecule has 1 saturated heterocycles. The fraction of sp³-hybridized carbons (Fsp3) is 0.357. The summed E-state index contributed by atoms with van der Waals surface area (Å²) in [5.74, 6) is -2.11. The molecule has 0 radical (unpaired) electrons. The van der Waals surface area contributed by atoms with Crippen LogP contribution in [-0.4, -0.2) is 48.1 Å². The summed E-state index contributed by atoms with van der Waals surface area (Å²) < 4.78 is 31.8. The Labute approximate surface area is 119 Å². The highest BCUT2D eigenvalue weighted by atomic mass is 19.2. The molecule has 0 spiro atoms. The number of nitrogens with one attached hydrogen (secondary N) is 1. The van der Waals surface area contributed by atoms with Crippen LogP contribution in [0.15, 0.2) is 18.2 Å². The monoisotopic (exact) mass is 295 g/mol. The predicted molar refractivity (Wildman–Crippen MR) is 72.9 cm³/mol. The van der Waals surface area contributed by atoms with Crippen molar-refractivity contribution in [3.8, 4) is 0 Å². The minimum Gasteiger partial charge on any atom is -0.373 e. The summed E-state index contributed by atoms with van der Waals surface area (Å²) >= 11 is 0. The zero-order valence-electron chi connectivity index (χ0n) is 11.2. The average molecular weight is 295 g/mol. The fourth-order valence-electron chi connectivity index (χ4n) is 2.46. The first-order valence-electron chi connectivity index (χ1n) is 6.67. The number of nitrogens with two attached hydrogens (primary N) is 1. The molecule has 1 aromatic heterocycles. The van der Waals surface area contributed by atoms with Crippen molar-refractivity contribution < 1.29 is 18.3 Å². The maximum atomic E-state index is 13.2. The highest BCUT2D eigenvalue weighted by Crippen LogP contribution is 2.20. The first kappa shape index (κ1) is 14.0. The molecule has 0 saturated carbocycles. The Morgan fingerprint density at radius 1 is 1.38 bits per heavy atom. The molecule has 1 aromatic carbocycles. The summed E-state index contributed by atoms with van der Waals surface area (Å²) in [5, 5.41) is 0.459. The molecule has 1 aliphatic heterocycles. The molecule has 1 aliphatic rings. The van der Waals surface area contributed by atoms with Gasteiger partial charge >= 0.3 is 0 Å². The summed E-state index contributed by atoms with van der Waals surface area (Å²) in [4.78, 5) is 16.9. The molecule has 0 bridgehead atoms. The number of hydrogen-bond acceptors (Lipinski definition) is 3. The minimum absolute atomic E-state index is 0.179. The van der Waals surface area contributed by atoms with E-state index in [1.165, 1.54) is 6.07 Å². The van der Waals surface area contributed by atoms with E-state index in [0.29, 0.717) is 42.8 Å². The van der Waals surface area contributed by atoms with Crippen molar-refractivity contribution in [1.29, 1.82) is 0 Å². The van der Waals surface area contributed by atoms with Gasteiger partial charge in [0, 0.05) is 36.6 Å². The molecule has 2 heterocycles. The Balaban J connectivity index is 1.87. The van der Waals surface area contributed by atoms with Gasteiger partial charge in [-0.05, 0) is 12.1 Å². The number of morpholine rings is 1. The lowest BCUT2D eigenvalue weighted by Gasteiger charge is -2.32. The number of aromatic nitrogens is 1. The number of aromatic amines is 1. The van der Waals surface area contributed by atoms with E-state index in [0.717, 1.165) is 12.1 Å². The van der Waals surface area contributed by atoms with Crippen LogP contribution in [0.5, 0.6) is 0 Å². The second-order valence-corrected chi connectivity index (χ2v) is 5.02. The van der Waals surface area contributed by atoms with E-state index in [2.05, 4.69) is 4.98 Å². The number of hydrogen-bond donors (Lipinski definition) is 2. The Morgan fingerprint density at radius 2 is 2.14 bits per heavy atom. The SMILES string of the molecule is NC[C@H]1CN(C(=O)c2cc3cc(F)c(F)cc3[nH]2)CCO1. The van der Waals surface area contributed by atoms with Gasteiger partial charge in [0.05, 0.1) is 12.7 Å². The van der Waals surface area contributed by atoms with Crippen LogP contribution >= 0.6 is 0 Å². The van der Waals surface area contributed by atoms with E-state index in [1.807, 2.05) is 0 Å². The lowest BCUT2D eigenvalue weighted by molar-refractivity contribution is -0.0169. The van der Waals surface area contributed by atoms with Crippen LogP contribution in [0.1, 0.15) is 10.5 Å². The third kappa shape index (κ3) is 2.62. The zero-order valence-corrected chi connectivity index (χ0v) is 11.2. The number of benzene rings is 1. The topological polar surface area (TPSA) is 71.3 Å². The van der Waals surface area contributed by atoms with Crippen molar-refractivity contribution in [1.82, 2.24) is 9.88 Å². The number of H-pyrrole nitrogens is 1. The fourth-order valence-corrected chi connectivity index (χ4v) is 2.46. The normalized spacial score (nSPS) is 19.2. The zero-order chi connectivity index (χ0) is 15.0. The van der Waals surface area contributed by atoms with E-state index in [4.69, 9.17) is 10.5 Å². The maximum Gasteiger partial charge on any atom is 0.270 e. The van der Waals surface area contributed by atoms with Crippen LogP contribution in [0.25, 0.3) is 10.9 Å². The summed E-state index contributed by atoms with van der Waals surface area (Å²) in [5.41, 5.74) is 6.23. The van der Waals surface area contributed by atoms with Gasteiger partial charge in [-0.1, -0.05) is 0 Å². The predicted octanol–water partition coefficient (Wildman–Crippen LogP) is 1.25. The Morgan fingerprint density at radius 3 is 2.90 bits per heavy atom. The summed E-state index contributed by atoms with van der Waals surface area (Å²) in [6.07, 6.45) is -0.179. The molecular weight excluding hydrogens is 280 g/mol. The Hall–Kier alpha value is -1.99. The number of carbonyl (C=O) groups excluding carboxylic acids is 1. The number of fused-ring (bicyclic) bond motifs is 1. The highest BCUT2D eigenvalue weighted by Gasteiger charge is 2.25. The van der Waals surface area contributed by atoms with Crippen molar-refractivity contribution >= 4 is 16.8 Å². The molecule has 21 heavy (non-hydrogen) atoms. The molecule has 1 atom stereocenters. The quantitative estimate of drug-likeness (QED) is 0.876. The van der Waals surface area contributed by atoms with E-state index in [-0.39, 0.29) is 12.0 Å². The van der Waals surface area contributed by atoms with Crippen LogP contribution < -0.4 is 5.73 Å². The van der Waals surface area contributed by atoms with Crippen molar-refractivity contribution in [2.75, 3.05) is 26.2 Å². The van der Waals surface area contributed by atoms with Gasteiger partial charge in [-0.25, -0.2) is 8.78 Å². The second kappa shape index (κ2) is 5.42. The molecule has 0 aliphatic carbocycles. The number of halogens is 2. The van der Waals surface area contributed by atoms with E-state index in [9.17, 15) is 13.6 Å². The van der Waals surface area contributed by atoms with Crippen molar-refractivity contribution in [2.24, 2.45) is 5.73 Å². The Kier molecular flexibility index (Phi) is 3.60. The van der Waals surface area contributed by atoms with Gasteiger partial charge in [0.15, 0.2) is 11.6 Å². The minimum atomic E-state index is -0.946. The van der Waals surface area contributed by atoms with Gasteiger partial charge < -0.3 is 20.4 Å². The smallest absolute Gasteiger partial charge is 0.270 e. The van der Waals surface area contributed by atoms with Gasteiger partial charge in [-0.15, -0.1) is 0 Å². The summed E-state index contributed by atoms with van der Waals surface area (Å²) in [6, 6.07) is 3.64. The van der Waals surface area contributed by atoms with Gasteiger partial charge in [-0.2, -0.15) is 0 Å². The molecule has 1 amide bonds. The van der Waals surface area contributed by atoms with Crippen LogP contribution in [0.4, 0.5) is 8.78 Å². The van der Waals surface area contributed by atoms with E-state index in [1.54, 1.807) is 4.90 Å². The third-order valence-corrected chi connectivity index (χ3v) is 3.58. The van der Waals surface area contributed by atoms with Crippen LogP contribution in [0.2, 0.25) is 0 Å². The molecular formula is C14H15F2N3O2. The number of carbonyl (C=O) groups is 1. The first-order chi connectivity index (χ1) is 10.1. The van der Waals surface area contributed by atoms with Crippen LogP contribution in [0, 0.1) is 11.6 Å². The first-order valence-corrected chi connectivity index (χ1v) is 6.67. The number of rotatable bonds is 2. The molecule has 112 valence electrons. The molecule has 7 heteroatoms. The van der Waals surface area contributed by atoms with Crippen LogP contribution in [-0.2, 0) is 4.74 Å². The van der Waals surface area contributed by atoms with Gasteiger partial charge in [0.25, 0.3) is 5.91 Å². The number of ether oxygens (including phenoxy) is 1. The average Bonchev–Trinajstić information content (AvgIpc) is 2.89. The van der Waals surface area contributed by atoms with Gasteiger partial charge in [0.2, 0.25) is 0 Å². The standard InChI is InChI=1S/C14H15F2N3O2/c15-10-3-8-4-13(18-12(8)5-11(10)16)14(20)19-1-2-21-9(6-17)7-19/h3-5,9,18H,1-2,6-7,17H2/t9-/m0/s1. The molecule has 2 aromatic rings. The van der Waals surface area contributed by atoms with Crippen molar-refractivity contribution in [2.45, 2.75) is 6.10 Å². The van der Waals surface area contributed by atoms with Crippen molar-refractivity contribution in [3.63, 3.8) is 0 Å². The number of nitrogens with zero attached hydrogens (tertiary/aromatic N) is 1. The second-order valence-electron chi connectivity index (χ2n) is 5.02. The molecule has 0 unspecified atom stereocenters. The summed E-state index contributed by atoms with van der Waals surface area (Å²) in [6.45, 7) is 1.64. The summed E-state index contributed by atoms with van der Waals surface area (Å²) in [7, 11) is 0. The van der Waals surface area contributed by atoms with Gasteiger partial charge in [0.1, 0.15) is 5.69 Å².